The van der Waals surface area contributed by atoms with Crippen molar-refractivity contribution in [2.24, 2.45) is 34.5 Å². The van der Waals surface area contributed by atoms with Gasteiger partial charge in [0.05, 0.1) is 5.41 Å². The van der Waals surface area contributed by atoms with Crippen molar-refractivity contribution in [2.45, 2.75) is 72.6 Å². The van der Waals surface area contributed by atoms with Gasteiger partial charge in [-0.1, -0.05) is 38.8 Å². The number of rotatable bonds is 2. The molecule has 2 saturated carbocycles. The fraction of sp³-hybridized carbons (Fsp3) is 0.850. The monoisotopic (exact) mass is 304 g/mol. The van der Waals surface area contributed by atoms with Crippen LogP contribution in [0.4, 0.5) is 0 Å². The van der Waals surface area contributed by atoms with E-state index in [0.717, 1.165) is 37.5 Å². The molecule has 0 aliphatic heterocycles. The molecule has 1 N–H and O–H groups in total. The molecule has 22 heavy (non-hydrogen) atoms. The molecular formula is C20H32O2. The van der Waals surface area contributed by atoms with Crippen molar-refractivity contribution < 1.29 is 9.90 Å². The van der Waals surface area contributed by atoms with E-state index in [1.54, 1.807) is 5.57 Å². The Morgan fingerprint density at radius 2 is 1.95 bits per heavy atom. The third kappa shape index (κ3) is 2.25. The van der Waals surface area contributed by atoms with Gasteiger partial charge in [0.1, 0.15) is 0 Å². The molecule has 3 rings (SSSR count). The molecule has 0 aromatic carbocycles. The second kappa shape index (κ2) is 5.39. The van der Waals surface area contributed by atoms with Crippen molar-refractivity contribution in [1.29, 1.82) is 0 Å². The summed E-state index contributed by atoms with van der Waals surface area (Å²) in [5, 5.41) is 9.85. The zero-order valence-corrected chi connectivity index (χ0v) is 14.7. The number of aliphatic carboxylic acids is 1. The van der Waals surface area contributed by atoms with Gasteiger partial charge in [-0.3, -0.25) is 4.79 Å². The minimum absolute atomic E-state index is 0.206. The van der Waals surface area contributed by atoms with Crippen molar-refractivity contribution in [2.75, 3.05) is 0 Å². The van der Waals surface area contributed by atoms with Crippen molar-refractivity contribution >= 4 is 5.97 Å². The van der Waals surface area contributed by atoms with Gasteiger partial charge in [-0.05, 0) is 74.5 Å². The summed E-state index contributed by atoms with van der Waals surface area (Å²) in [4.78, 5) is 12.0. The second-order valence-electron chi connectivity index (χ2n) is 8.95. The largest absolute Gasteiger partial charge is 0.481 e. The molecule has 3 aliphatic carbocycles. The van der Waals surface area contributed by atoms with E-state index in [0.29, 0.717) is 11.8 Å². The number of hydrogen-bond acceptors (Lipinski definition) is 1. The van der Waals surface area contributed by atoms with Gasteiger partial charge in [0.2, 0.25) is 0 Å². The van der Waals surface area contributed by atoms with E-state index in [1.165, 1.54) is 19.3 Å². The third-order valence-corrected chi connectivity index (χ3v) is 7.50. The predicted octanol–water partition coefficient (Wildman–Crippen LogP) is 5.29. The molecule has 0 heterocycles. The zero-order chi connectivity index (χ0) is 16.1. The van der Waals surface area contributed by atoms with Crippen LogP contribution in [-0.2, 0) is 4.79 Å². The number of carbonyl (C=O) groups is 1. The first kappa shape index (κ1) is 16.1. The van der Waals surface area contributed by atoms with Gasteiger partial charge in [0.15, 0.2) is 0 Å². The summed E-state index contributed by atoms with van der Waals surface area (Å²) >= 11 is 0. The number of carboxylic acids is 1. The Morgan fingerprint density at radius 3 is 2.59 bits per heavy atom. The van der Waals surface area contributed by atoms with E-state index in [2.05, 4.69) is 26.8 Å². The van der Waals surface area contributed by atoms with Crippen LogP contribution < -0.4 is 0 Å². The molecule has 0 bridgehead atoms. The first-order valence-corrected chi connectivity index (χ1v) is 9.23. The quantitative estimate of drug-likeness (QED) is 0.704. The van der Waals surface area contributed by atoms with E-state index >= 15 is 0 Å². The molecule has 2 heteroatoms. The fourth-order valence-corrected chi connectivity index (χ4v) is 6.10. The maximum Gasteiger partial charge on any atom is 0.309 e. The molecule has 0 saturated heterocycles. The lowest BCUT2D eigenvalue weighted by atomic mass is 9.45. The average Bonchev–Trinajstić information content (AvgIpc) is 2.46. The van der Waals surface area contributed by atoms with Crippen LogP contribution in [0.5, 0.6) is 0 Å². The highest BCUT2D eigenvalue weighted by atomic mass is 16.4. The third-order valence-electron chi connectivity index (χ3n) is 7.50. The fourth-order valence-electron chi connectivity index (χ4n) is 6.10. The smallest absolute Gasteiger partial charge is 0.309 e. The van der Waals surface area contributed by atoms with Crippen molar-refractivity contribution in [3.05, 3.63) is 11.6 Å². The van der Waals surface area contributed by atoms with E-state index in [4.69, 9.17) is 0 Å². The Balaban J connectivity index is 1.94. The Morgan fingerprint density at radius 1 is 1.23 bits per heavy atom. The lowest BCUT2D eigenvalue weighted by Gasteiger charge is -2.58. The molecule has 2 fully saturated rings. The van der Waals surface area contributed by atoms with Crippen molar-refractivity contribution in [3.8, 4) is 0 Å². The molecule has 0 amide bonds. The first-order valence-electron chi connectivity index (χ1n) is 9.23. The van der Waals surface area contributed by atoms with Crippen LogP contribution >= 0.6 is 0 Å². The van der Waals surface area contributed by atoms with Crippen LogP contribution in [0.15, 0.2) is 11.6 Å². The Kier molecular flexibility index (Phi) is 3.94. The highest BCUT2D eigenvalue weighted by Crippen LogP contribution is 2.63. The number of hydrogen-bond donors (Lipinski definition) is 1. The van der Waals surface area contributed by atoms with Crippen LogP contribution in [-0.4, -0.2) is 11.1 Å². The highest BCUT2D eigenvalue weighted by Gasteiger charge is 2.58. The van der Waals surface area contributed by atoms with E-state index in [9.17, 15) is 9.90 Å². The van der Waals surface area contributed by atoms with Crippen molar-refractivity contribution in [1.82, 2.24) is 0 Å². The number of carboxylic acid groups (broad SMARTS) is 1. The van der Waals surface area contributed by atoms with Gasteiger partial charge in [0.25, 0.3) is 0 Å². The SMILES string of the molecule is CC(C)[C@@H]1C=C2CC[C@@H]3[C@](C)(CCC[C@@]3(C)C(=O)O)[C@H]2CC1. The molecule has 5 atom stereocenters. The Labute approximate surface area is 135 Å². The van der Waals surface area contributed by atoms with Gasteiger partial charge >= 0.3 is 5.97 Å². The van der Waals surface area contributed by atoms with E-state index in [-0.39, 0.29) is 5.41 Å². The van der Waals surface area contributed by atoms with Crippen molar-refractivity contribution in [3.63, 3.8) is 0 Å². The van der Waals surface area contributed by atoms with Crippen LogP contribution in [0, 0.1) is 34.5 Å². The predicted molar refractivity (Wildman–Crippen MR) is 89.6 cm³/mol. The zero-order valence-electron chi connectivity index (χ0n) is 14.7. The Bertz CT molecular complexity index is 492. The standard InChI is InChI=1S/C20H32O2/c1-13(2)14-6-8-16-15(12-14)7-9-17-19(16,3)10-5-11-20(17,4)18(21)22/h12-14,16-17H,5-11H2,1-4H3,(H,21,22)/t14-,16-,17+,19+,20+/m0/s1. The molecule has 0 unspecified atom stereocenters. The average molecular weight is 304 g/mol. The highest BCUT2D eigenvalue weighted by molar-refractivity contribution is 5.75. The second-order valence-corrected chi connectivity index (χ2v) is 8.95. The molecule has 0 aromatic rings. The van der Waals surface area contributed by atoms with Gasteiger partial charge in [-0.25, -0.2) is 0 Å². The molecule has 0 aromatic heterocycles. The van der Waals surface area contributed by atoms with Crippen LogP contribution in [0.2, 0.25) is 0 Å². The number of allylic oxidation sites excluding steroid dienone is 2. The summed E-state index contributed by atoms with van der Waals surface area (Å²) < 4.78 is 0. The van der Waals surface area contributed by atoms with Gasteiger partial charge < -0.3 is 5.11 Å². The summed E-state index contributed by atoms with van der Waals surface area (Å²) in [6, 6.07) is 0. The minimum Gasteiger partial charge on any atom is -0.481 e. The summed E-state index contributed by atoms with van der Waals surface area (Å²) in [6.45, 7) is 9.09. The van der Waals surface area contributed by atoms with Gasteiger partial charge in [-0.2, -0.15) is 0 Å². The van der Waals surface area contributed by atoms with E-state index < -0.39 is 11.4 Å². The van der Waals surface area contributed by atoms with Crippen LogP contribution in [0.1, 0.15) is 72.6 Å². The van der Waals surface area contributed by atoms with Crippen LogP contribution in [0.25, 0.3) is 0 Å². The first-order chi connectivity index (χ1) is 10.3. The maximum absolute atomic E-state index is 12.0. The summed E-state index contributed by atoms with van der Waals surface area (Å²) in [6.07, 6.45) is 10.5. The molecule has 0 spiro atoms. The topological polar surface area (TPSA) is 37.3 Å². The Hall–Kier alpha value is -0.790. The molecular weight excluding hydrogens is 272 g/mol. The normalized spacial score (nSPS) is 45.0. The molecule has 0 radical (unpaired) electrons. The summed E-state index contributed by atoms with van der Waals surface area (Å²) in [5.74, 6) is 1.89. The maximum atomic E-state index is 12.0. The minimum atomic E-state index is -0.563. The molecule has 3 aliphatic rings. The van der Waals surface area contributed by atoms with E-state index in [1.807, 2.05) is 6.92 Å². The van der Waals surface area contributed by atoms with Gasteiger partial charge in [-0.15, -0.1) is 0 Å². The molecule has 124 valence electrons. The van der Waals surface area contributed by atoms with Gasteiger partial charge in [0, 0.05) is 0 Å². The lowest BCUT2D eigenvalue weighted by Crippen LogP contribution is -2.54. The lowest BCUT2D eigenvalue weighted by molar-refractivity contribution is -0.164. The summed E-state index contributed by atoms with van der Waals surface area (Å²) in [7, 11) is 0. The number of fused-ring (bicyclic) bond motifs is 3. The van der Waals surface area contributed by atoms with Crippen LogP contribution in [0.3, 0.4) is 0 Å². The summed E-state index contributed by atoms with van der Waals surface area (Å²) in [5.41, 5.74) is 1.36. The molecule has 2 nitrogen and oxygen atoms in total.